The van der Waals surface area contributed by atoms with E-state index in [-0.39, 0.29) is 0 Å². The number of hydrogen-bond donors (Lipinski definition) is 2. The summed E-state index contributed by atoms with van der Waals surface area (Å²) in [6.07, 6.45) is 5.43. The Morgan fingerprint density at radius 2 is 1.97 bits per heavy atom. The number of H-pyrrole nitrogens is 2. The van der Waals surface area contributed by atoms with E-state index in [1.54, 1.807) is 23.7 Å². The molecule has 146 valence electrons. The van der Waals surface area contributed by atoms with Crippen molar-refractivity contribution in [2.75, 3.05) is 0 Å². The summed E-state index contributed by atoms with van der Waals surface area (Å²) in [5, 5.41) is 12.6. The van der Waals surface area contributed by atoms with Crippen molar-refractivity contribution in [1.82, 2.24) is 39.7 Å². The third kappa shape index (κ3) is 2.49. The van der Waals surface area contributed by atoms with Gasteiger partial charge in [-0.05, 0) is 30.5 Å². The van der Waals surface area contributed by atoms with Crippen LogP contribution < -0.4 is 0 Å². The Labute approximate surface area is 174 Å². The third-order valence-electron chi connectivity index (χ3n) is 5.35. The average molecular weight is 412 g/mol. The molecule has 9 heteroatoms. The molecule has 0 aromatic carbocycles. The lowest BCUT2D eigenvalue weighted by Crippen LogP contribution is -1.95. The molecule has 0 atom stereocenters. The lowest BCUT2D eigenvalue weighted by atomic mass is 10.2. The van der Waals surface area contributed by atoms with Crippen LogP contribution in [0, 0.1) is 6.92 Å². The summed E-state index contributed by atoms with van der Waals surface area (Å²) in [7, 11) is 1.98. The average Bonchev–Trinajstić information content (AvgIpc) is 3.54. The van der Waals surface area contributed by atoms with E-state index in [1.165, 1.54) is 0 Å². The molecule has 0 aliphatic heterocycles. The maximum absolute atomic E-state index is 4.85. The first-order valence-corrected chi connectivity index (χ1v) is 10.3. The third-order valence-corrected chi connectivity index (χ3v) is 6.03. The van der Waals surface area contributed by atoms with Gasteiger partial charge in [0.1, 0.15) is 17.0 Å². The smallest absolute Gasteiger partial charge is 0.159 e. The van der Waals surface area contributed by atoms with E-state index < -0.39 is 0 Å². The van der Waals surface area contributed by atoms with Gasteiger partial charge in [-0.25, -0.2) is 9.97 Å². The minimum absolute atomic E-state index is 0.694. The van der Waals surface area contributed by atoms with E-state index in [0.717, 1.165) is 56.1 Å². The predicted molar refractivity (Wildman–Crippen MR) is 117 cm³/mol. The highest BCUT2D eigenvalue weighted by Gasteiger charge is 2.17. The molecule has 0 saturated carbocycles. The van der Waals surface area contributed by atoms with Gasteiger partial charge in [0.15, 0.2) is 5.82 Å². The largest absolute Gasteiger partial charge is 0.336 e. The number of nitrogens with zero attached hydrogens (tertiary/aromatic N) is 6. The van der Waals surface area contributed by atoms with Gasteiger partial charge in [-0.2, -0.15) is 16.4 Å². The Balaban J connectivity index is 1.53. The number of hydrogen-bond acceptors (Lipinski definition) is 6. The minimum atomic E-state index is 0.694. The number of aryl methyl sites for hydroxylation is 1. The highest BCUT2D eigenvalue weighted by molar-refractivity contribution is 7.08. The summed E-state index contributed by atoms with van der Waals surface area (Å²) in [5.41, 5.74) is 7.08. The number of nitrogens with one attached hydrogen (secondary N) is 2. The number of fused-ring (bicyclic) bond motifs is 2. The summed E-state index contributed by atoms with van der Waals surface area (Å²) in [6.45, 7) is 1.97. The van der Waals surface area contributed by atoms with E-state index in [0.29, 0.717) is 5.82 Å². The molecular formula is C21H16N8S. The van der Waals surface area contributed by atoms with Crippen LogP contribution in [0.2, 0.25) is 0 Å². The van der Waals surface area contributed by atoms with Crippen molar-refractivity contribution in [1.29, 1.82) is 0 Å². The van der Waals surface area contributed by atoms with Crippen molar-refractivity contribution < 1.29 is 0 Å². The van der Waals surface area contributed by atoms with Crippen LogP contribution in [-0.2, 0) is 7.05 Å². The standard InChI is InChI=1S/C21H16N8S/c1-11-23-9-17(29(11)2)15-7-13-16(8-24-15)27-28-19(13)21-25-14-3-5-22-18(20(14)26-21)12-4-6-30-10-12/h3-10H,1-2H3,(H,25,26)(H,27,28). The van der Waals surface area contributed by atoms with Gasteiger partial charge in [0.25, 0.3) is 0 Å². The first-order chi connectivity index (χ1) is 14.7. The lowest BCUT2D eigenvalue weighted by molar-refractivity contribution is 0.862. The normalized spacial score (nSPS) is 11.7. The maximum Gasteiger partial charge on any atom is 0.159 e. The minimum Gasteiger partial charge on any atom is -0.336 e. The fourth-order valence-corrected chi connectivity index (χ4v) is 4.28. The molecule has 8 nitrogen and oxygen atoms in total. The highest BCUT2D eigenvalue weighted by atomic mass is 32.1. The van der Waals surface area contributed by atoms with Gasteiger partial charge >= 0.3 is 0 Å². The highest BCUT2D eigenvalue weighted by Crippen LogP contribution is 2.32. The zero-order chi connectivity index (χ0) is 20.2. The van der Waals surface area contributed by atoms with Crippen molar-refractivity contribution in [2.45, 2.75) is 6.92 Å². The van der Waals surface area contributed by atoms with Gasteiger partial charge in [0.05, 0.1) is 40.5 Å². The lowest BCUT2D eigenvalue weighted by Gasteiger charge is -2.03. The quantitative estimate of drug-likeness (QED) is 0.450. The Morgan fingerprint density at radius 1 is 1.03 bits per heavy atom. The second-order valence-electron chi connectivity index (χ2n) is 7.09. The van der Waals surface area contributed by atoms with Crippen LogP contribution in [0.3, 0.4) is 0 Å². The van der Waals surface area contributed by atoms with Crippen molar-refractivity contribution in [3.63, 3.8) is 0 Å². The summed E-state index contributed by atoms with van der Waals surface area (Å²) >= 11 is 1.64. The van der Waals surface area contributed by atoms with Gasteiger partial charge in [-0.15, -0.1) is 0 Å². The Bertz CT molecular complexity index is 1520. The number of rotatable bonds is 3. The molecule has 0 bridgehead atoms. The van der Waals surface area contributed by atoms with Crippen molar-refractivity contribution >= 4 is 33.3 Å². The summed E-state index contributed by atoms with van der Waals surface area (Å²) in [6, 6.07) is 6.01. The first kappa shape index (κ1) is 17.0. The molecule has 0 aliphatic carbocycles. The van der Waals surface area contributed by atoms with Crippen LogP contribution in [0.25, 0.3) is 56.1 Å². The zero-order valence-corrected chi connectivity index (χ0v) is 17.0. The van der Waals surface area contributed by atoms with Crippen LogP contribution in [-0.4, -0.2) is 39.7 Å². The van der Waals surface area contributed by atoms with Gasteiger partial charge in [0.2, 0.25) is 0 Å². The number of pyridine rings is 2. The fourth-order valence-electron chi connectivity index (χ4n) is 3.64. The van der Waals surface area contributed by atoms with Gasteiger partial charge in [-0.3, -0.25) is 15.1 Å². The second-order valence-corrected chi connectivity index (χ2v) is 7.87. The van der Waals surface area contributed by atoms with Gasteiger partial charge in [-0.1, -0.05) is 0 Å². The predicted octanol–water partition coefficient (Wildman–Crippen LogP) is 4.33. The monoisotopic (exact) mass is 412 g/mol. The van der Waals surface area contributed by atoms with Crippen molar-refractivity contribution in [2.24, 2.45) is 7.05 Å². The Kier molecular flexibility index (Phi) is 3.59. The molecule has 0 aliphatic rings. The SMILES string of the molecule is Cc1ncc(-c2cc3c(-c4nc5c(-c6ccsc6)nccc5[nH]4)n[nH]c3cn2)n1C. The van der Waals surface area contributed by atoms with E-state index in [2.05, 4.69) is 41.6 Å². The molecule has 6 rings (SSSR count). The molecule has 0 amide bonds. The first-order valence-electron chi connectivity index (χ1n) is 9.39. The number of thiophene rings is 1. The molecule has 0 fully saturated rings. The van der Waals surface area contributed by atoms with Crippen LogP contribution in [0.15, 0.2) is 47.5 Å². The summed E-state index contributed by atoms with van der Waals surface area (Å²) in [4.78, 5) is 21.8. The molecule has 6 aromatic heterocycles. The van der Waals surface area contributed by atoms with E-state index >= 15 is 0 Å². The summed E-state index contributed by atoms with van der Waals surface area (Å²) in [5.74, 6) is 1.63. The Hall–Kier alpha value is -3.85. The fraction of sp³-hybridized carbons (Fsp3) is 0.0952. The Morgan fingerprint density at radius 3 is 2.77 bits per heavy atom. The molecule has 6 heterocycles. The van der Waals surface area contributed by atoms with E-state index in [4.69, 9.17) is 4.98 Å². The van der Waals surface area contributed by atoms with Crippen molar-refractivity contribution in [3.05, 3.63) is 53.4 Å². The van der Waals surface area contributed by atoms with Crippen LogP contribution in [0.5, 0.6) is 0 Å². The molecule has 0 spiro atoms. The van der Waals surface area contributed by atoms with Crippen LogP contribution in [0.1, 0.15) is 5.82 Å². The number of aromatic amines is 2. The zero-order valence-electron chi connectivity index (χ0n) is 16.2. The molecule has 0 saturated heterocycles. The number of aromatic nitrogens is 8. The molecular weight excluding hydrogens is 396 g/mol. The van der Waals surface area contributed by atoms with Crippen LogP contribution in [0.4, 0.5) is 0 Å². The maximum atomic E-state index is 4.85. The molecule has 0 radical (unpaired) electrons. The van der Waals surface area contributed by atoms with Crippen molar-refractivity contribution in [3.8, 4) is 34.2 Å². The second kappa shape index (κ2) is 6.33. The van der Waals surface area contributed by atoms with E-state index in [9.17, 15) is 0 Å². The topological polar surface area (TPSA) is 101 Å². The van der Waals surface area contributed by atoms with Gasteiger partial charge < -0.3 is 9.55 Å². The molecule has 6 aromatic rings. The molecule has 2 N–H and O–H groups in total. The van der Waals surface area contributed by atoms with E-state index in [1.807, 2.05) is 42.2 Å². The van der Waals surface area contributed by atoms with Crippen LogP contribution >= 0.6 is 11.3 Å². The molecule has 0 unspecified atom stereocenters. The summed E-state index contributed by atoms with van der Waals surface area (Å²) < 4.78 is 2.02. The molecule has 30 heavy (non-hydrogen) atoms. The number of imidazole rings is 2. The van der Waals surface area contributed by atoms with Gasteiger partial charge in [0, 0.05) is 29.6 Å².